The average molecular weight is 192 g/mol. The van der Waals surface area contributed by atoms with E-state index in [1.807, 2.05) is 0 Å². The fourth-order valence-electron chi connectivity index (χ4n) is 1.93. The molecule has 0 atom stereocenters. The summed E-state index contributed by atoms with van der Waals surface area (Å²) < 4.78 is 0. The molecule has 0 radical (unpaired) electrons. The fourth-order valence-corrected chi connectivity index (χ4v) is 5.78. The summed E-state index contributed by atoms with van der Waals surface area (Å²) >= 11 is 0. The van der Waals surface area contributed by atoms with Crippen molar-refractivity contribution in [3.8, 4) is 24.7 Å². The molecule has 0 bridgehead atoms. The van der Waals surface area contributed by atoms with Crippen molar-refractivity contribution in [2.24, 2.45) is 0 Å². The number of terminal acetylenes is 2. The van der Waals surface area contributed by atoms with Crippen molar-refractivity contribution >= 4 is 8.07 Å². The molecular weight excluding hydrogens is 172 g/mol. The third-order valence-corrected chi connectivity index (χ3v) is 9.49. The standard InChI is InChI=1S/C12H20Si/c1-7-9-13(10-8-2,11(3)4)12(5)6/h1-2,11-12H,9-10H2,3-6H3. The van der Waals surface area contributed by atoms with Crippen LogP contribution in [0.4, 0.5) is 0 Å². The highest BCUT2D eigenvalue weighted by molar-refractivity contribution is 6.83. The third kappa shape index (κ3) is 2.64. The summed E-state index contributed by atoms with van der Waals surface area (Å²) in [6.07, 6.45) is 10.9. The summed E-state index contributed by atoms with van der Waals surface area (Å²) in [6, 6.07) is 1.85. The van der Waals surface area contributed by atoms with Gasteiger partial charge < -0.3 is 0 Å². The highest BCUT2D eigenvalue weighted by Gasteiger charge is 2.37. The minimum atomic E-state index is -1.42. The zero-order valence-corrected chi connectivity index (χ0v) is 10.2. The lowest BCUT2D eigenvalue weighted by Crippen LogP contribution is -2.40. The van der Waals surface area contributed by atoms with Gasteiger partial charge in [-0.3, -0.25) is 0 Å². The monoisotopic (exact) mass is 192 g/mol. The quantitative estimate of drug-likeness (QED) is 0.472. The van der Waals surface area contributed by atoms with E-state index in [9.17, 15) is 0 Å². The first-order chi connectivity index (χ1) is 6.01. The Labute approximate surface area is 84.1 Å². The number of hydrogen-bond acceptors (Lipinski definition) is 0. The van der Waals surface area contributed by atoms with Gasteiger partial charge in [0, 0.05) is 12.1 Å². The SMILES string of the molecule is C#CC[Si](CC#C)(C(C)C)C(C)C. The van der Waals surface area contributed by atoms with Crippen molar-refractivity contribution in [1.82, 2.24) is 0 Å². The van der Waals surface area contributed by atoms with Gasteiger partial charge in [0.05, 0.1) is 8.07 Å². The van der Waals surface area contributed by atoms with E-state index in [-0.39, 0.29) is 0 Å². The van der Waals surface area contributed by atoms with Crippen LogP contribution in [0.15, 0.2) is 0 Å². The molecule has 0 amide bonds. The minimum absolute atomic E-state index is 0.680. The van der Waals surface area contributed by atoms with E-state index in [1.54, 1.807) is 0 Å². The Morgan fingerprint density at radius 1 is 0.923 bits per heavy atom. The Hall–Kier alpha value is -0.663. The maximum Gasteiger partial charge on any atom is 0.0838 e. The molecule has 13 heavy (non-hydrogen) atoms. The molecule has 0 fully saturated rings. The number of rotatable bonds is 4. The van der Waals surface area contributed by atoms with E-state index in [0.717, 1.165) is 12.1 Å². The second-order valence-corrected chi connectivity index (χ2v) is 9.79. The Bertz CT molecular complexity index is 198. The van der Waals surface area contributed by atoms with Crippen LogP contribution < -0.4 is 0 Å². The topological polar surface area (TPSA) is 0 Å². The molecule has 0 aliphatic carbocycles. The van der Waals surface area contributed by atoms with E-state index < -0.39 is 8.07 Å². The first-order valence-corrected chi connectivity index (χ1v) is 7.45. The Morgan fingerprint density at radius 3 is 1.38 bits per heavy atom. The van der Waals surface area contributed by atoms with Crippen molar-refractivity contribution in [3.63, 3.8) is 0 Å². The molecule has 0 aromatic carbocycles. The summed E-state index contributed by atoms with van der Waals surface area (Å²) in [5.41, 5.74) is 1.36. The molecule has 0 nitrogen and oxygen atoms in total. The summed E-state index contributed by atoms with van der Waals surface area (Å²) in [5.74, 6) is 5.64. The highest BCUT2D eigenvalue weighted by Crippen LogP contribution is 2.38. The molecule has 0 saturated heterocycles. The van der Waals surface area contributed by atoms with Gasteiger partial charge in [-0.05, 0) is 11.1 Å². The van der Waals surface area contributed by atoms with E-state index >= 15 is 0 Å². The van der Waals surface area contributed by atoms with Crippen LogP contribution in [-0.4, -0.2) is 8.07 Å². The molecule has 0 N–H and O–H groups in total. The van der Waals surface area contributed by atoms with Crippen LogP contribution in [0.1, 0.15) is 27.7 Å². The summed E-state index contributed by atoms with van der Waals surface area (Å²) in [6.45, 7) is 9.06. The fraction of sp³-hybridized carbons (Fsp3) is 0.667. The van der Waals surface area contributed by atoms with E-state index in [2.05, 4.69) is 39.5 Å². The first kappa shape index (κ1) is 12.3. The molecule has 0 aromatic heterocycles. The lowest BCUT2D eigenvalue weighted by Gasteiger charge is -2.36. The molecule has 0 aliphatic heterocycles. The zero-order chi connectivity index (χ0) is 10.5. The Kier molecular flexibility index (Phi) is 4.89. The van der Waals surface area contributed by atoms with Gasteiger partial charge in [-0.15, -0.1) is 24.7 Å². The molecule has 1 heteroatoms. The lowest BCUT2D eigenvalue weighted by atomic mass is 10.5. The predicted octanol–water partition coefficient (Wildman–Crippen LogP) is 3.52. The maximum absolute atomic E-state index is 5.44. The van der Waals surface area contributed by atoms with Gasteiger partial charge in [0.1, 0.15) is 0 Å². The molecule has 0 aromatic rings. The minimum Gasteiger partial charge on any atom is -0.120 e. The smallest absolute Gasteiger partial charge is 0.0838 e. The van der Waals surface area contributed by atoms with Crippen LogP contribution in [-0.2, 0) is 0 Å². The van der Waals surface area contributed by atoms with Gasteiger partial charge in [-0.25, -0.2) is 0 Å². The molecule has 0 heterocycles. The lowest BCUT2D eigenvalue weighted by molar-refractivity contribution is 0.886. The summed E-state index contributed by atoms with van der Waals surface area (Å²) in [4.78, 5) is 0. The molecule has 0 aliphatic rings. The summed E-state index contributed by atoms with van der Waals surface area (Å²) in [7, 11) is -1.42. The van der Waals surface area contributed by atoms with Gasteiger partial charge in [0.25, 0.3) is 0 Å². The van der Waals surface area contributed by atoms with E-state index in [4.69, 9.17) is 12.8 Å². The second kappa shape index (κ2) is 5.15. The molecule has 0 spiro atoms. The third-order valence-electron chi connectivity index (χ3n) is 3.16. The average Bonchev–Trinajstić information content (AvgIpc) is 2.03. The van der Waals surface area contributed by atoms with Gasteiger partial charge in [-0.2, -0.15) is 0 Å². The van der Waals surface area contributed by atoms with Crippen LogP contribution in [0.2, 0.25) is 23.2 Å². The van der Waals surface area contributed by atoms with Gasteiger partial charge in [-0.1, -0.05) is 27.7 Å². The molecular formula is C12H20Si. The maximum atomic E-state index is 5.44. The van der Waals surface area contributed by atoms with Crippen LogP contribution in [0.5, 0.6) is 0 Å². The number of hydrogen-bond donors (Lipinski definition) is 0. The van der Waals surface area contributed by atoms with Crippen molar-refractivity contribution in [3.05, 3.63) is 0 Å². The largest absolute Gasteiger partial charge is 0.120 e. The summed E-state index contributed by atoms with van der Waals surface area (Å²) in [5, 5.41) is 0. The van der Waals surface area contributed by atoms with E-state index in [1.165, 1.54) is 0 Å². The van der Waals surface area contributed by atoms with Crippen LogP contribution in [0.3, 0.4) is 0 Å². The van der Waals surface area contributed by atoms with E-state index in [0.29, 0.717) is 11.1 Å². The van der Waals surface area contributed by atoms with Crippen molar-refractivity contribution in [2.45, 2.75) is 50.9 Å². The van der Waals surface area contributed by atoms with Crippen molar-refractivity contribution in [2.75, 3.05) is 0 Å². The van der Waals surface area contributed by atoms with Gasteiger partial charge in [0.15, 0.2) is 0 Å². The van der Waals surface area contributed by atoms with Crippen LogP contribution in [0, 0.1) is 24.7 Å². The highest BCUT2D eigenvalue weighted by atomic mass is 28.3. The molecule has 72 valence electrons. The van der Waals surface area contributed by atoms with Gasteiger partial charge in [0.2, 0.25) is 0 Å². The van der Waals surface area contributed by atoms with Crippen LogP contribution in [0.25, 0.3) is 0 Å². The molecule has 0 unspecified atom stereocenters. The molecule has 0 saturated carbocycles. The zero-order valence-electron chi connectivity index (χ0n) is 9.22. The van der Waals surface area contributed by atoms with Crippen LogP contribution >= 0.6 is 0 Å². The Balaban J connectivity index is 4.85. The van der Waals surface area contributed by atoms with Crippen molar-refractivity contribution in [1.29, 1.82) is 0 Å². The second-order valence-electron chi connectivity index (χ2n) is 4.30. The first-order valence-electron chi connectivity index (χ1n) is 4.88. The normalized spacial score (nSPS) is 11.4. The molecule has 0 rings (SSSR count). The predicted molar refractivity (Wildman–Crippen MR) is 63.2 cm³/mol. The Morgan fingerprint density at radius 2 is 1.23 bits per heavy atom. The van der Waals surface area contributed by atoms with Crippen molar-refractivity contribution < 1.29 is 0 Å². The van der Waals surface area contributed by atoms with Gasteiger partial charge >= 0.3 is 0 Å².